The van der Waals surface area contributed by atoms with Gasteiger partial charge < -0.3 is 9.30 Å². The normalized spacial score (nSPS) is 10.7. The van der Waals surface area contributed by atoms with E-state index in [4.69, 9.17) is 4.74 Å². The SMILES string of the molecule is CCCOc1ccc2c(ccn2C)c1. The molecule has 1 aromatic carbocycles. The first-order valence-electron chi connectivity index (χ1n) is 4.99. The average molecular weight is 189 g/mol. The minimum atomic E-state index is 0.790. The molecule has 2 heteroatoms. The van der Waals surface area contributed by atoms with E-state index in [1.807, 2.05) is 6.07 Å². The van der Waals surface area contributed by atoms with Crippen LogP contribution >= 0.6 is 0 Å². The van der Waals surface area contributed by atoms with E-state index in [2.05, 4.69) is 42.9 Å². The Hall–Kier alpha value is -1.44. The van der Waals surface area contributed by atoms with Gasteiger partial charge in [0.15, 0.2) is 0 Å². The minimum Gasteiger partial charge on any atom is -0.494 e. The molecule has 0 radical (unpaired) electrons. The number of fused-ring (bicyclic) bond motifs is 1. The van der Waals surface area contributed by atoms with E-state index in [0.29, 0.717) is 0 Å². The van der Waals surface area contributed by atoms with Crippen LogP contribution in [-0.2, 0) is 7.05 Å². The molecule has 0 aliphatic carbocycles. The van der Waals surface area contributed by atoms with Crippen molar-refractivity contribution in [2.24, 2.45) is 7.05 Å². The standard InChI is InChI=1S/C12H15NO/c1-3-8-14-11-4-5-12-10(9-11)6-7-13(12)2/h4-7,9H,3,8H2,1-2H3. The van der Waals surface area contributed by atoms with Crippen molar-refractivity contribution in [1.29, 1.82) is 0 Å². The molecule has 2 nitrogen and oxygen atoms in total. The van der Waals surface area contributed by atoms with E-state index >= 15 is 0 Å². The molecule has 0 atom stereocenters. The molecule has 74 valence electrons. The number of aromatic nitrogens is 1. The molecule has 2 rings (SSSR count). The largest absolute Gasteiger partial charge is 0.494 e. The van der Waals surface area contributed by atoms with Crippen molar-refractivity contribution < 1.29 is 4.74 Å². The lowest BCUT2D eigenvalue weighted by Gasteiger charge is -2.04. The smallest absolute Gasteiger partial charge is 0.120 e. The van der Waals surface area contributed by atoms with Crippen LogP contribution in [0, 0.1) is 0 Å². The lowest BCUT2D eigenvalue weighted by atomic mass is 10.2. The summed E-state index contributed by atoms with van der Waals surface area (Å²) in [4.78, 5) is 0. The maximum Gasteiger partial charge on any atom is 0.120 e. The van der Waals surface area contributed by atoms with Crippen molar-refractivity contribution in [2.75, 3.05) is 6.61 Å². The van der Waals surface area contributed by atoms with Crippen molar-refractivity contribution in [1.82, 2.24) is 4.57 Å². The van der Waals surface area contributed by atoms with Crippen molar-refractivity contribution in [3.8, 4) is 5.75 Å². The van der Waals surface area contributed by atoms with Gasteiger partial charge in [-0.05, 0) is 30.7 Å². The van der Waals surface area contributed by atoms with Crippen LogP contribution in [0.4, 0.5) is 0 Å². The highest BCUT2D eigenvalue weighted by Gasteiger charge is 1.99. The third-order valence-corrected chi connectivity index (χ3v) is 2.33. The van der Waals surface area contributed by atoms with Crippen LogP contribution in [0.5, 0.6) is 5.75 Å². The summed E-state index contributed by atoms with van der Waals surface area (Å²) in [5.74, 6) is 0.963. The minimum absolute atomic E-state index is 0.790. The Morgan fingerprint density at radius 3 is 2.93 bits per heavy atom. The van der Waals surface area contributed by atoms with E-state index in [9.17, 15) is 0 Å². The monoisotopic (exact) mass is 189 g/mol. The number of nitrogens with zero attached hydrogens (tertiary/aromatic N) is 1. The van der Waals surface area contributed by atoms with E-state index in [-0.39, 0.29) is 0 Å². The van der Waals surface area contributed by atoms with Crippen LogP contribution in [0.15, 0.2) is 30.5 Å². The number of aryl methyl sites for hydroxylation is 1. The lowest BCUT2D eigenvalue weighted by molar-refractivity contribution is 0.318. The molecule has 0 N–H and O–H groups in total. The molecular weight excluding hydrogens is 174 g/mol. The molecule has 0 aliphatic heterocycles. The number of hydrogen-bond donors (Lipinski definition) is 0. The highest BCUT2D eigenvalue weighted by atomic mass is 16.5. The first-order chi connectivity index (χ1) is 6.81. The summed E-state index contributed by atoms with van der Waals surface area (Å²) in [6.07, 6.45) is 3.11. The molecule has 0 saturated heterocycles. The summed E-state index contributed by atoms with van der Waals surface area (Å²) >= 11 is 0. The molecule has 2 aromatic rings. The maximum atomic E-state index is 5.56. The number of ether oxygens (including phenoxy) is 1. The molecule has 0 spiro atoms. The second-order valence-electron chi connectivity index (χ2n) is 3.50. The fourth-order valence-electron chi connectivity index (χ4n) is 1.57. The van der Waals surface area contributed by atoms with Gasteiger partial charge in [0.2, 0.25) is 0 Å². The fraction of sp³-hybridized carbons (Fsp3) is 0.333. The summed E-state index contributed by atoms with van der Waals surface area (Å²) in [7, 11) is 2.05. The summed E-state index contributed by atoms with van der Waals surface area (Å²) in [6.45, 7) is 2.90. The maximum absolute atomic E-state index is 5.56. The van der Waals surface area contributed by atoms with Crippen LogP contribution < -0.4 is 4.74 Å². The molecule has 0 fully saturated rings. The van der Waals surface area contributed by atoms with Gasteiger partial charge in [0, 0.05) is 24.1 Å². The van der Waals surface area contributed by atoms with Crippen molar-refractivity contribution >= 4 is 10.9 Å². The Balaban J connectivity index is 2.32. The highest BCUT2D eigenvalue weighted by molar-refractivity contribution is 5.81. The molecule has 1 aromatic heterocycles. The van der Waals surface area contributed by atoms with Crippen LogP contribution in [0.25, 0.3) is 10.9 Å². The zero-order valence-corrected chi connectivity index (χ0v) is 8.66. The molecule has 0 amide bonds. The molecule has 1 heterocycles. The van der Waals surface area contributed by atoms with Crippen molar-refractivity contribution in [2.45, 2.75) is 13.3 Å². The van der Waals surface area contributed by atoms with Gasteiger partial charge in [-0.3, -0.25) is 0 Å². The third kappa shape index (κ3) is 1.60. The fourth-order valence-corrected chi connectivity index (χ4v) is 1.57. The number of hydrogen-bond acceptors (Lipinski definition) is 1. The summed E-state index contributed by atoms with van der Waals surface area (Å²) in [6, 6.07) is 8.32. The summed E-state index contributed by atoms with van der Waals surface area (Å²) < 4.78 is 7.67. The molecule has 0 saturated carbocycles. The molecule has 0 aliphatic rings. The van der Waals surface area contributed by atoms with Crippen LogP contribution in [-0.4, -0.2) is 11.2 Å². The van der Waals surface area contributed by atoms with Gasteiger partial charge in [0.1, 0.15) is 5.75 Å². The molecule has 0 unspecified atom stereocenters. The Morgan fingerprint density at radius 1 is 1.29 bits per heavy atom. The zero-order chi connectivity index (χ0) is 9.97. The van der Waals surface area contributed by atoms with E-state index in [0.717, 1.165) is 18.8 Å². The lowest BCUT2D eigenvalue weighted by Crippen LogP contribution is -1.94. The topological polar surface area (TPSA) is 14.2 Å². The van der Waals surface area contributed by atoms with Gasteiger partial charge in [0.25, 0.3) is 0 Å². The Bertz CT molecular complexity index is 431. The average Bonchev–Trinajstić information content (AvgIpc) is 2.57. The molecular formula is C12H15NO. The second kappa shape index (κ2) is 3.74. The first-order valence-corrected chi connectivity index (χ1v) is 4.99. The van der Waals surface area contributed by atoms with Crippen LogP contribution in [0.3, 0.4) is 0 Å². The molecule has 14 heavy (non-hydrogen) atoms. The summed E-state index contributed by atoms with van der Waals surface area (Å²) in [5.41, 5.74) is 1.24. The number of benzene rings is 1. The van der Waals surface area contributed by atoms with Crippen LogP contribution in [0.1, 0.15) is 13.3 Å². The third-order valence-electron chi connectivity index (χ3n) is 2.33. The first kappa shape index (κ1) is 9.13. The Kier molecular flexibility index (Phi) is 2.44. The predicted molar refractivity (Wildman–Crippen MR) is 58.7 cm³/mol. The quantitative estimate of drug-likeness (QED) is 0.724. The van der Waals surface area contributed by atoms with Crippen LogP contribution in [0.2, 0.25) is 0 Å². The van der Waals surface area contributed by atoms with E-state index in [1.165, 1.54) is 10.9 Å². The van der Waals surface area contributed by atoms with Crippen molar-refractivity contribution in [3.05, 3.63) is 30.5 Å². The Morgan fingerprint density at radius 2 is 2.14 bits per heavy atom. The molecule has 0 bridgehead atoms. The van der Waals surface area contributed by atoms with Gasteiger partial charge >= 0.3 is 0 Å². The zero-order valence-electron chi connectivity index (χ0n) is 8.66. The van der Waals surface area contributed by atoms with Gasteiger partial charge in [-0.2, -0.15) is 0 Å². The van der Waals surface area contributed by atoms with Gasteiger partial charge in [-0.25, -0.2) is 0 Å². The van der Waals surface area contributed by atoms with Crippen molar-refractivity contribution in [3.63, 3.8) is 0 Å². The van der Waals surface area contributed by atoms with E-state index in [1.54, 1.807) is 0 Å². The second-order valence-corrected chi connectivity index (χ2v) is 3.50. The Labute approximate surface area is 84.1 Å². The highest BCUT2D eigenvalue weighted by Crippen LogP contribution is 2.21. The van der Waals surface area contributed by atoms with Gasteiger partial charge in [0.05, 0.1) is 6.61 Å². The van der Waals surface area contributed by atoms with E-state index < -0.39 is 0 Å². The van der Waals surface area contributed by atoms with Gasteiger partial charge in [-0.1, -0.05) is 6.92 Å². The van der Waals surface area contributed by atoms with Gasteiger partial charge in [-0.15, -0.1) is 0 Å². The predicted octanol–water partition coefficient (Wildman–Crippen LogP) is 2.97. The summed E-state index contributed by atoms with van der Waals surface area (Å²) in [5, 5.41) is 1.24. The number of rotatable bonds is 3.